The fourth-order valence-corrected chi connectivity index (χ4v) is 3.40. The van der Waals surface area contributed by atoms with Gasteiger partial charge in [0, 0.05) is 0 Å². The molecule has 0 saturated carbocycles. The van der Waals surface area contributed by atoms with Crippen molar-refractivity contribution in [3.8, 4) is 11.5 Å². The van der Waals surface area contributed by atoms with Crippen LogP contribution in [0.1, 0.15) is 26.3 Å². The van der Waals surface area contributed by atoms with Gasteiger partial charge in [0.25, 0.3) is 5.91 Å². The Bertz CT molecular complexity index is 955. The van der Waals surface area contributed by atoms with Gasteiger partial charge in [0.05, 0.1) is 34.7 Å². The zero-order chi connectivity index (χ0) is 20.3. The molecule has 3 rings (SSSR count). The number of hydrazone groups is 1. The van der Waals surface area contributed by atoms with Gasteiger partial charge in [-0.15, -0.1) is 0 Å². The maximum absolute atomic E-state index is 13.2. The molecule has 5 nitrogen and oxygen atoms in total. The van der Waals surface area contributed by atoms with Crippen molar-refractivity contribution in [2.45, 2.75) is 20.8 Å². The van der Waals surface area contributed by atoms with Crippen LogP contribution in [0.2, 0.25) is 0 Å². The molecule has 0 aliphatic carbocycles. The van der Waals surface area contributed by atoms with Crippen molar-refractivity contribution >= 4 is 39.3 Å². The van der Waals surface area contributed by atoms with E-state index in [1.807, 2.05) is 26.0 Å². The Hall–Kier alpha value is -2.67. The van der Waals surface area contributed by atoms with Crippen LogP contribution in [0.3, 0.4) is 0 Å². The molecule has 28 heavy (non-hydrogen) atoms. The number of hydrogen-bond acceptors (Lipinski definition) is 4. The number of carbonyl (C=O) groups is 1. The Kier molecular flexibility index (Phi) is 6.14. The van der Waals surface area contributed by atoms with Crippen LogP contribution in [0.5, 0.6) is 11.5 Å². The second-order valence-electron chi connectivity index (χ2n) is 6.03. The summed E-state index contributed by atoms with van der Waals surface area (Å²) in [6.07, 6.45) is 1.76. The first-order valence-electron chi connectivity index (χ1n) is 8.91. The summed E-state index contributed by atoms with van der Waals surface area (Å²) in [5.74, 6) is 0.588. The lowest BCUT2D eigenvalue weighted by molar-refractivity contribution is -0.114. The number of carbonyl (C=O) groups excluding carboxylic acids is 1. The van der Waals surface area contributed by atoms with Crippen LogP contribution in [0.15, 0.2) is 51.5 Å². The highest BCUT2D eigenvalue weighted by molar-refractivity contribution is 9.10. The average Bonchev–Trinajstić information content (AvgIpc) is 2.94. The second kappa shape index (κ2) is 8.56. The normalized spacial score (nSPS) is 15.2. The maximum Gasteiger partial charge on any atom is 0.280 e. The number of benzene rings is 2. The lowest BCUT2D eigenvalue weighted by Gasteiger charge is -2.14. The summed E-state index contributed by atoms with van der Waals surface area (Å²) in [5, 5.41) is 5.59. The van der Waals surface area contributed by atoms with Crippen LogP contribution < -0.4 is 14.5 Å². The Balaban J connectivity index is 1.96. The van der Waals surface area contributed by atoms with Gasteiger partial charge in [0.2, 0.25) is 0 Å². The van der Waals surface area contributed by atoms with Crippen molar-refractivity contribution in [2.75, 3.05) is 18.2 Å². The van der Waals surface area contributed by atoms with Crippen molar-refractivity contribution in [3.05, 3.63) is 57.8 Å². The quantitative estimate of drug-likeness (QED) is 0.573. The summed E-state index contributed by atoms with van der Waals surface area (Å²) in [6.45, 7) is 6.56. The summed E-state index contributed by atoms with van der Waals surface area (Å²) in [7, 11) is 0. The summed E-state index contributed by atoms with van der Waals surface area (Å²) in [6, 6.07) is 9.33. The molecule has 2 aromatic carbocycles. The average molecular weight is 447 g/mol. The molecular weight excluding hydrogens is 427 g/mol. The van der Waals surface area contributed by atoms with E-state index < -0.39 is 0 Å². The third-order valence-corrected chi connectivity index (χ3v) is 4.65. The predicted molar refractivity (Wildman–Crippen MR) is 111 cm³/mol. The topological polar surface area (TPSA) is 51.1 Å². The monoisotopic (exact) mass is 446 g/mol. The number of amides is 1. The first kappa shape index (κ1) is 20.1. The zero-order valence-electron chi connectivity index (χ0n) is 15.8. The van der Waals surface area contributed by atoms with Gasteiger partial charge in [-0.25, -0.2) is 4.39 Å². The van der Waals surface area contributed by atoms with E-state index in [2.05, 4.69) is 21.0 Å². The summed E-state index contributed by atoms with van der Waals surface area (Å²) < 4.78 is 25.2. The van der Waals surface area contributed by atoms with Gasteiger partial charge in [0.1, 0.15) is 5.82 Å². The molecule has 146 valence electrons. The Labute approximate surface area is 171 Å². The lowest BCUT2D eigenvalue weighted by Crippen LogP contribution is -2.21. The van der Waals surface area contributed by atoms with Crippen molar-refractivity contribution in [3.63, 3.8) is 0 Å². The van der Waals surface area contributed by atoms with E-state index in [-0.39, 0.29) is 11.7 Å². The molecule has 0 fully saturated rings. The highest BCUT2D eigenvalue weighted by atomic mass is 79.9. The Morgan fingerprint density at radius 3 is 2.46 bits per heavy atom. The minimum atomic E-state index is -0.366. The predicted octanol–water partition coefficient (Wildman–Crippen LogP) is 5.19. The maximum atomic E-state index is 13.2. The molecule has 0 aromatic heterocycles. The van der Waals surface area contributed by atoms with Gasteiger partial charge < -0.3 is 9.47 Å². The van der Waals surface area contributed by atoms with Crippen molar-refractivity contribution in [1.29, 1.82) is 0 Å². The van der Waals surface area contributed by atoms with Gasteiger partial charge >= 0.3 is 0 Å². The molecule has 1 amide bonds. The summed E-state index contributed by atoms with van der Waals surface area (Å²) in [4.78, 5) is 12.9. The van der Waals surface area contributed by atoms with E-state index in [1.165, 1.54) is 29.3 Å². The van der Waals surface area contributed by atoms with Crippen LogP contribution in [0.4, 0.5) is 10.1 Å². The smallest absolute Gasteiger partial charge is 0.280 e. The van der Waals surface area contributed by atoms with E-state index in [9.17, 15) is 9.18 Å². The molecule has 7 heteroatoms. The molecular formula is C21H20BrFN2O3. The van der Waals surface area contributed by atoms with Gasteiger partial charge in [-0.05, 0) is 84.7 Å². The highest BCUT2D eigenvalue weighted by Gasteiger charge is 2.29. The van der Waals surface area contributed by atoms with E-state index >= 15 is 0 Å². The molecule has 0 unspecified atom stereocenters. The minimum absolute atomic E-state index is 0.271. The molecule has 0 N–H and O–H groups in total. The summed E-state index contributed by atoms with van der Waals surface area (Å²) >= 11 is 3.51. The van der Waals surface area contributed by atoms with E-state index in [0.717, 1.165) is 10.0 Å². The van der Waals surface area contributed by atoms with Gasteiger partial charge in [-0.1, -0.05) is 0 Å². The number of ether oxygens (including phenoxy) is 2. The van der Waals surface area contributed by atoms with Crippen molar-refractivity contribution in [2.24, 2.45) is 5.10 Å². The van der Waals surface area contributed by atoms with E-state index in [0.29, 0.717) is 41.7 Å². The van der Waals surface area contributed by atoms with E-state index in [1.54, 1.807) is 13.0 Å². The second-order valence-corrected chi connectivity index (χ2v) is 6.89. The number of rotatable bonds is 6. The largest absolute Gasteiger partial charge is 0.490 e. The molecule has 1 aliphatic rings. The Morgan fingerprint density at radius 1 is 1.14 bits per heavy atom. The molecule has 0 radical (unpaired) electrons. The molecule has 0 saturated heterocycles. The fourth-order valence-electron chi connectivity index (χ4n) is 2.83. The molecule has 0 spiro atoms. The highest BCUT2D eigenvalue weighted by Crippen LogP contribution is 2.38. The fraction of sp³-hybridized carbons (Fsp3) is 0.238. The van der Waals surface area contributed by atoms with Crippen LogP contribution >= 0.6 is 15.9 Å². The van der Waals surface area contributed by atoms with Gasteiger partial charge in [0.15, 0.2) is 11.5 Å². The van der Waals surface area contributed by atoms with Gasteiger partial charge in [-0.2, -0.15) is 10.1 Å². The molecule has 2 aromatic rings. The Morgan fingerprint density at radius 2 is 1.82 bits per heavy atom. The molecule has 1 heterocycles. The molecule has 0 atom stereocenters. The zero-order valence-corrected chi connectivity index (χ0v) is 17.4. The third kappa shape index (κ3) is 4.09. The number of anilines is 1. The van der Waals surface area contributed by atoms with Crippen LogP contribution in [0, 0.1) is 5.82 Å². The molecule has 0 bridgehead atoms. The standard InChI is InChI=1S/C21H20BrFN2O3/c1-4-27-19-12-14(11-18(22)20(19)28-5-2)10-17-13(3)24-25(21(17)26)16-8-6-15(23)7-9-16/h6-12H,4-5H2,1-3H3/b17-10+. The third-order valence-electron chi connectivity index (χ3n) is 4.07. The van der Waals surface area contributed by atoms with Crippen LogP contribution in [-0.2, 0) is 4.79 Å². The minimum Gasteiger partial charge on any atom is -0.490 e. The van der Waals surface area contributed by atoms with Crippen LogP contribution in [-0.4, -0.2) is 24.8 Å². The molecule has 1 aliphatic heterocycles. The first-order valence-corrected chi connectivity index (χ1v) is 9.70. The van der Waals surface area contributed by atoms with E-state index in [4.69, 9.17) is 9.47 Å². The number of nitrogens with zero attached hydrogens (tertiary/aromatic N) is 2. The van der Waals surface area contributed by atoms with Crippen molar-refractivity contribution in [1.82, 2.24) is 0 Å². The SMILES string of the molecule is CCOc1cc(/C=C2/C(=O)N(c3ccc(F)cc3)N=C2C)cc(Br)c1OCC. The number of hydrogen-bond donors (Lipinski definition) is 0. The lowest BCUT2D eigenvalue weighted by atomic mass is 10.1. The van der Waals surface area contributed by atoms with Crippen molar-refractivity contribution < 1.29 is 18.7 Å². The first-order chi connectivity index (χ1) is 13.4. The van der Waals surface area contributed by atoms with Crippen LogP contribution in [0.25, 0.3) is 6.08 Å². The number of halogens is 2. The summed E-state index contributed by atoms with van der Waals surface area (Å²) in [5.41, 5.74) is 2.33. The van der Waals surface area contributed by atoms with Gasteiger partial charge in [-0.3, -0.25) is 4.79 Å².